The number of nitrogens with zero attached hydrogens (tertiary/aromatic N) is 4. The monoisotopic (exact) mass is 598 g/mol. The fourth-order valence-corrected chi connectivity index (χ4v) is 5.57. The van der Waals surface area contributed by atoms with Gasteiger partial charge in [-0.3, -0.25) is 14.7 Å². The van der Waals surface area contributed by atoms with Crippen LogP contribution in [0.15, 0.2) is 48.5 Å². The smallest absolute Gasteiger partial charge is 0.256 e. The maximum absolute atomic E-state index is 13.3. The van der Waals surface area contributed by atoms with Gasteiger partial charge in [-0.25, -0.2) is 0 Å². The average Bonchev–Trinajstić information content (AvgIpc) is 3.39. The summed E-state index contributed by atoms with van der Waals surface area (Å²) >= 11 is 2.27. The lowest BCUT2D eigenvalue weighted by Gasteiger charge is -2.34. The van der Waals surface area contributed by atoms with E-state index in [4.69, 9.17) is 0 Å². The Balaban J connectivity index is 1.27. The molecule has 2 aliphatic rings. The molecule has 0 bridgehead atoms. The van der Waals surface area contributed by atoms with Crippen LogP contribution >= 0.6 is 22.6 Å². The Kier molecular flexibility index (Phi) is 6.78. The molecule has 36 heavy (non-hydrogen) atoms. The molecule has 3 aromatic rings. The van der Waals surface area contributed by atoms with Crippen LogP contribution in [0.4, 0.5) is 11.5 Å². The van der Waals surface area contributed by atoms with Gasteiger partial charge in [0, 0.05) is 46.6 Å². The summed E-state index contributed by atoms with van der Waals surface area (Å²) in [7, 11) is 2.14. The van der Waals surface area contributed by atoms with Crippen molar-refractivity contribution in [2.24, 2.45) is 0 Å². The number of halogens is 1. The lowest BCUT2D eigenvalue weighted by Crippen LogP contribution is -2.44. The Morgan fingerprint density at radius 1 is 1.06 bits per heavy atom. The molecule has 0 radical (unpaired) electrons. The molecule has 2 amide bonds. The van der Waals surface area contributed by atoms with E-state index in [0.717, 1.165) is 52.3 Å². The van der Waals surface area contributed by atoms with Crippen molar-refractivity contribution in [3.05, 3.63) is 74.5 Å². The normalized spacial score (nSPS) is 17.2. The van der Waals surface area contributed by atoms with Crippen LogP contribution in [0.25, 0.3) is 0 Å². The fraction of sp³-hybridized carbons (Fsp3) is 0.370. The molecule has 1 saturated heterocycles. The van der Waals surface area contributed by atoms with Gasteiger partial charge in [0.25, 0.3) is 5.91 Å². The first-order chi connectivity index (χ1) is 17.2. The molecule has 0 saturated carbocycles. The van der Waals surface area contributed by atoms with Crippen molar-refractivity contribution in [1.82, 2.24) is 20.0 Å². The lowest BCUT2D eigenvalue weighted by atomic mass is 10.00. The van der Waals surface area contributed by atoms with Gasteiger partial charge in [-0.15, -0.1) is 0 Å². The van der Waals surface area contributed by atoms with Gasteiger partial charge < -0.3 is 20.0 Å². The molecule has 1 aromatic heterocycles. The number of piperazine rings is 1. The van der Waals surface area contributed by atoms with Crippen molar-refractivity contribution < 1.29 is 9.59 Å². The molecule has 0 atom stereocenters. The van der Waals surface area contributed by atoms with Crippen LogP contribution in [0.2, 0.25) is 0 Å². The zero-order valence-corrected chi connectivity index (χ0v) is 23.0. The van der Waals surface area contributed by atoms with Gasteiger partial charge in [0.15, 0.2) is 5.82 Å². The minimum absolute atomic E-state index is 0.0467. The van der Waals surface area contributed by atoms with Gasteiger partial charge in [-0.2, -0.15) is 5.10 Å². The van der Waals surface area contributed by atoms with Crippen molar-refractivity contribution in [3.8, 4) is 0 Å². The van der Waals surface area contributed by atoms with Crippen molar-refractivity contribution in [2.75, 3.05) is 43.4 Å². The van der Waals surface area contributed by atoms with Crippen LogP contribution in [-0.2, 0) is 23.3 Å². The van der Waals surface area contributed by atoms with Gasteiger partial charge >= 0.3 is 0 Å². The van der Waals surface area contributed by atoms with Crippen molar-refractivity contribution in [3.63, 3.8) is 0 Å². The number of aromatic nitrogens is 2. The molecular formula is C27H31IN6O2. The minimum Gasteiger partial charge on any atom is -0.369 e. The first-order valence-electron chi connectivity index (χ1n) is 12.2. The fourth-order valence-electron chi connectivity index (χ4n) is 4.99. The predicted octanol–water partition coefficient (Wildman–Crippen LogP) is 3.84. The summed E-state index contributed by atoms with van der Waals surface area (Å²) in [5, 5.41) is 10.4. The van der Waals surface area contributed by atoms with Gasteiger partial charge in [0.1, 0.15) is 0 Å². The second-order valence-corrected chi connectivity index (χ2v) is 11.2. The summed E-state index contributed by atoms with van der Waals surface area (Å²) in [4.78, 5) is 32.8. The highest BCUT2D eigenvalue weighted by Gasteiger charge is 2.43. The van der Waals surface area contributed by atoms with E-state index in [9.17, 15) is 9.59 Å². The Morgan fingerprint density at radius 2 is 1.75 bits per heavy atom. The second kappa shape index (κ2) is 9.85. The van der Waals surface area contributed by atoms with Crippen molar-refractivity contribution in [1.29, 1.82) is 0 Å². The molecule has 2 aromatic carbocycles. The van der Waals surface area contributed by atoms with Crippen LogP contribution in [0.1, 0.15) is 41.0 Å². The topological polar surface area (TPSA) is 84.6 Å². The van der Waals surface area contributed by atoms with E-state index in [0.29, 0.717) is 24.3 Å². The summed E-state index contributed by atoms with van der Waals surface area (Å²) in [5.74, 6) is 0.317. The van der Waals surface area contributed by atoms with E-state index in [-0.39, 0.29) is 11.8 Å². The maximum Gasteiger partial charge on any atom is 0.256 e. The van der Waals surface area contributed by atoms with Crippen LogP contribution in [0, 0.1) is 3.57 Å². The van der Waals surface area contributed by atoms with Crippen LogP contribution in [0.5, 0.6) is 0 Å². The van der Waals surface area contributed by atoms with Crippen molar-refractivity contribution >= 4 is 45.9 Å². The molecule has 2 aliphatic heterocycles. The number of amides is 2. The number of benzene rings is 2. The molecule has 3 heterocycles. The van der Waals surface area contributed by atoms with E-state index < -0.39 is 5.54 Å². The third-order valence-corrected chi connectivity index (χ3v) is 8.35. The number of carbonyl (C=O) groups is 2. The Morgan fingerprint density at radius 3 is 2.44 bits per heavy atom. The van der Waals surface area contributed by atoms with E-state index in [1.807, 2.05) is 67.3 Å². The summed E-state index contributed by atoms with van der Waals surface area (Å²) in [5.41, 5.74) is 3.89. The van der Waals surface area contributed by atoms with Crippen molar-refractivity contribution in [2.45, 2.75) is 32.4 Å². The lowest BCUT2D eigenvalue weighted by molar-refractivity contribution is -0.135. The molecular weight excluding hydrogens is 567 g/mol. The zero-order valence-electron chi connectivity index (χ0n) is 20.8. The predicted molar refractivity (Wildman–Crippen MR) is 149 cm³/mol. The number of likely N-dealkylation sites (N-methyl/N-ethyl adjacent to an activating group) is 1. The molecule has 0 unspecified atom stereocenters. The molecule has 2 N–H and O–H groups in total. The zero-order chi connectivity index (χ0) is 25.4. The molecule has 1 fully saturated rings. The number of hydrogen-bond acceptors (Lipinski definition) is 5. The number of nitrogens with one attached hydrogen (secondary N) is 2. The molecule has 0 spiro atoms. The highest BCUT2D eigenvalue weighted by Crippen LogP contribution is 2.41. The third kappa shape index (κ3) is 4.73. The Hall–Kier alpha value is -2.92. The van der Waals surface area contributed by atoms with Gasteiger partial charge in [0.2, 0.25) is 5.91 Å². The molecule has 9 heteroatoms. The van der Waals surface area contributed by atoms with E-state index in [1.54, 1.807) is 0 Å². The van der Waals surface area contributed by atoms with E-state index >= 15 is 0 Å². The molecule has 188 valence electrons. The number of H-pyrrole nitrogens is 1. The number of hydrogen-bond donors (Lipinski definition) is 2. The number of anilines is 2. The summed E-state index contributed by atoms with van der Waals surface area (Å²) in [6.45, 7) is 8.45. The number of aromatic amines is 1. The first-order valence-corrected chi connectivity index (χ1v) is 13.3. The number of fused-ring (bicyclic) bond motifs is 1. The average molecular weight is 598 g/mol. The standard InChI is InChI=1S/C27H31IN6O2/c1-27(2)24-21(17-34(27)23(35)16-19-6-4-5-7-22(19)28)25(31-30-24)29-26(36)18-8-10-20(11-9-18)33-14-12-32(3)13-15-33/h4-11H,12-17H2,1-3H3,(H2,29,30,31,36). The quantitative estimate of drug-likeness (QED) is 0.437. The first kappa shape index (κ1) is 24.8. The SMILES string of the molecule is CN1CCN(c2ccc(C(=O)Nc3n[nH]c4c3CN(C(=O)Cc3ccccc3I)C4(C)C)cc2)CC1. The Labute approximate surface area is 225 Å². The summed E-state index contributed by atoms with van der Waals surface area (Å²) in [6.07, 6.45) is 0.335. The summed E-state index contributed by atoms with van der Waals surface area (Å²) in [6, 6.07) is 15.7. The van der Waals surface area contributed by atoms with E-state index in [2.05, 4.69) is 55.0 Å². The van der Waals surface area contributed by atoms with Crippen LogP contribution in [-0.4, -0.2) is 65.0 Å². The maximum atomic E-state index is 13.3. The largest absolute Gasteiger partial charge is 0.369 e. The minimum atomic E-state index is -0.549. The highest BCUT2D eigenvalue weighted by molar-refractivity contribution is 14.1. The Bertz CT molecular complexity index is 1280. The number of rotatable bonds is 5. The van der Waals surface area contributed by atoms with Gasteiger partial charge in [0.05, 0.1) is 24.2 Å². The highest BCUT2D eigenvalue weighted by atomic mass is 127. The molecule has 8 nitrogen and oxygen atoms in total. The number of carbonyl (C=O) groups excluding carboxylic acids is 2. The second-order valence-electron chi connectivity index (χ2n) is 10.0. The molecule has 5 rings (SSSR count). The van der Waals surface area contributed by atoms with Gasteiger partial charge in [-0.05, 0) is 79.4 Å². The van der Waals surface area contributed by atoms with Crippen LogP contribution < -0.4 is 10.2 Å². The molecule has 0 aliphatic carbocycles. The van der Waals surface area contributed by atoms with E-state index in [1.165, 1.54) is 0 Å². The van der Waals surface area contributed by atoms with Gasteiger partial charge in [-0.1, -0.05) is 18.2 Å². The summed E-state index contributed by atoms with van der Waals surface area (Å²) < 4.78 is 1.08. The van der Waals surface area contributed by atoms with Crippen LogP contribution in [0.3, 0.4) is 0 Å². The third-order valence-electron chi connectivity index (χ3n) is 7.30.